The summed E-state index contributed by atoms with van der Waals surface area (Å²) >= 11 is 0. The molecule has 3 heteroatoms. The van der Waals surface area contributed by atoms with Crippen molar-refractivity contribution in [2.24, 2.45) is 0 Å². The van der Waals surface area contributed by atoms with Gasteiger partial charge in [-0.1, -0.05) is 73.4 Å². The molecule has 0 aliphatic heterocycles. The number of hydrogen-bond donors (Lipinski definition) is 2. The molecule has 0 radical (unpaired) electrons. The van der Waals surface area contributed by atoms with E-state index in [0.29, 0.717) is 11.1 Å². The third-order valence-electron chi connectivity index (χ3n) is 4.59. The smallest absolute Gasteiger partial charge is 0.261 e. The fourth-order valence-electron chi connectivity index (χ4n) is 3.06. The van der Waals surface area contributed by atoms with Crippen LogP contribution >= 0.6 is 0 Å². The summed E-state index contributed by atoms with van der Waals surface area (Å²) in [4.78, 5) is 11.8. The van der Waals surface area contributed by atoms with Crippen LogP contribution in [0.4, 0.5) is 0 Å². The largest absolute Gasteiger partial charge is 0.504 e. The van der Waals surface area contributed by atoms with Crippen LogP contribution < -0.4 is 5.43 Å². The maximum absolute atomic E-state index is 11.8. The molecule has 0 amide bonds. The minimum absolute atomic E-state index is 0.464. The molecule has 0 aromatic heterocycles. The molecule has 3 rings (SSSR count). The Kier molecular flexibility index (Phi) is 5.75. The number of aryl methyl sites for hydroxylation is 1. The highest BCUT2D eigenvalue weighted by molar-refractivity contribution is 5.83. The second-order valence-electron chi connectivity index (χ2n) is 6.62. The van der Waals surface area contributed by atoms with Crippen LogP contribution in [0.2, 0.25) is 0 Å². The lowest BCUT2D eigenvalue weighted by atomic mass is 9.94. The van der Waals surface area contributed by atoms with Gasteiger partial charge in [0.2, 0.25) is 0 Å². The molecule has 0 spiro atoms. The van der Waals surface area contributed by atoms with Crippen molar-refractivity contribution in [1.82, 2.24) is 0 Å². The zero-order valence-corrected chi connectivity index (χ0v) is 15.7. The maximum Gasteiger partial charge on any atom is 0.261 e. The van der Waals surface area contributed by atoms with E-state index in [1.54, 1.807) is 6.92 Å². The van der Waals surface area contributed by atoms with E-state index < -0.39 is 16.9 Å². The molecule has 2 aromatic rings. The van der Waals surface area contributed by atoms with Gasteiger partial charge in [-0.05, 0) is 58.9 Å². The molecule has 0 saturated heterocycles. The van der Waals surface area contributed by atoms with E-state index in [-0.39, 0.29) is 0 Å². The van der Waals surface area contributed by atoms with Crippen molar-refractivity contribution in [2.45, 2.75) is 13.3 Å². The highest BCUT2D eigenvalue weighted by atomic mass is 16.3. The molecule has 0 saturated carbocycles. The van der Waals surface area contributed by atoms with Crippen molar-refractivity contribution in [3.05, 3.63) is 112 Å². The number of hydrogen-bond acceptors (Lipinski definition) is 3. The summed E-state index contributed by atoms with van der Waals surface area (Å²) in [6.45, 7) is 5.95. The van der Waals surface area contributed by atoms with Crippen LogP contribution in [0.25, 0.3) is 16.7 Å². The van der Waals surface area contributed by atoms with Crippen LogP contribution in [0.3, 0.4) is 0 Å². The molecular weight excluding hydrogens is 348 g/mol. The van der Waals surface area contributed by atoms with Crippen molar-refractivity contribution in [3.8, 4) is 22.6 Å². The SMILES string of the molecule is C=C1/C=C\C=C/C/C=C\C=C/1c1ccc(-c2cc(O)c(=O)c(O)cc2C)cc1. The Hall–Kier alpha value is -3.59. The highest BCUT2D eigenvalue weighted by Gasteiger charge is 2.10. The Morgan fingerprint density at radius 2 is 1.54 bits per heavy atom. The second-order valence-corrected chi connectivity index (χ2v) is 6.62. The Labute approximate surface area is 164 Å². The zero-order valence-electron chi connectivity index (χ0n) is 15.7. The number of aromatic hydroxyl groups is 2. The minimum Gasteiger partial charge on any atom is -0.504 e. The van der Waals surface area contributed by atoms with Gasteiger partial charge in [0.1, 0.15) is 0 Å². The molecule has 2 N–H and O–H groups in total. The van der Waals surface area contributed by atoms with Crippen LogP contribution in [-0.4, -0.2) is 10.2 Å². The minimum atomic E-state index is -0.776. The summed E-state index contributed by atoms with van der Waals surface area (Å²) in [6.07, 6.45) is 15.1. The molecule has 2 aromatic carbocycles. The summed E-state index contributed by atoms with van der Waals surface area (Å²) < 4.78 is 0. The summed E-state index contributed by atoms with van der Waals surface area (Å²) in [6, 6.07) is 10.6. The third kappa shape index (κ3) is 4.21. The lowest BCUT2D eigenvalue weighted by Gasteiger charge is -2.10. The number of benzene rings is 1. The van der Waals surface area contributed by atoms with Gasteiger partial charge in [0.25, 0.3) is 5.43 Å². The Morgan fingerprint density at radius 1 is 0.893 bits per heavy atom. The molecule has 1 aliphatic carbocycles. The van der Waals surface area contributed by atoms with Gasteiger partial charge in [-0.3, -0.25) is 4.79 Å². The van der Waals surface area contributed by atoms with Gasteiger partial charge >= 0.3 is 0 Å². The fourth-order valence-corrected chi connectivity index (χ4v) is 3.06. The molecule has 0 heterocycles. The lowest BCUT2D eigenvalue weighted by molar-refractivity contribution is 0.445. The average molecular weight is 370 g/mol. The molecule has 140 valence electrons. The molecule has 0 fully saturated rings. The van der Waals surface area contributed by atoms with Gasteiger partial charge < -0.3 is 10.2 Å². The van der Waals surface area contributed by atoms with Crippen LogP contribution in [0.5, 0.6) is 11.5 Å². The standard InChI is InChI=1S/C25H22O3/c1-17-9-7-5-3-4-6-8-10-21(17)19-11-13-20(14-12-19)22-16-24(27)25(28)23(26)15-18(22)2/h3,5-16H,1,4H2,2H3,(H2,26,27,28)/b5-3-,8-6-,9-7-,21-10+. The Morgan fingerprint density at radius 3 is 2.29 bits per heavy atom. The maximum atomic E-state index is 11.8. The van der Waals surface area contributed by atoms with Crippen LogP contribution in [0.1, 0.15) is 17.5 Å². The first kappa shape index (κ1) is 19.2. The molecule has 0 unspecified atom stereocenters. The monoisotopic (exact) mass is 370 g/mol. The van der Waals surface area contributed by atoms with E-state index in [2.05, 4.69) is 18.7 Å². The predicted octanol–water partition coefficient (Wildman–Crippen LogP) is 5.45. The highest BCUT2D eigenvalue weighted by Crippen LogP contribution is 2.30. The van der Waals surface area contributed by atoms with E-state index in [0.717, 1.165) is 28.7 Å². The fraction of sp³-hybridized carbons (Fsp3) is 0.0800. The van der Waals surface area contributed by atoms with Gasteiger partial charge in [0.05, 0.1) is 0 Å². The predicted molar refractivity (Wildman–Crippen MR) is 115 cm³/mol. The van der Waals surface area contributed by atoms with Crippen LogP contribution in [0, 0.1) is 6.92 Å². The van der Waals surface area contributed by atoms with E-state index in [1.165, 1.54) is 12.1 Å². The molecule has 0 bridgehead atoms. The first-order valence-electron chi connectivity index (χ1n) is 9.04. The number of allylic oxidation sites excluding steroid dienone is 9. The van der Waals surface area contributed by atoms with Gasteiger partial charge in [0, 0.05) is 0 Å². The summed E-state index contributed by atoms with van der Waals surface area (Å²) in [7, 11) is 0. The lowest BCUT2D eigenvalue weighted by Crippen LogP contribution is -1.94. The second kappa shape index (κ2) is 8.40. The van der Waals surface area contributed by atoms with Gasteiger partial charge in [0.15, 0.2) is 11.5 Å². The zero-order chi connectivity index (χ0) is 20.1. The molecular formula is C25H22O3. The molecule has 3 nitrogen and oxygen atoms in total. The summed E-state index contributed by atoms with van der Waals surface area (Å²) in [5, 5.41) is 19.7. The summed E-state index contributed by atoms with van der Waals surface area (Å²) in [5.41, 5.74) is 4.39. The van der Waals surface area contributed by atoms with Gasteiger partial charge in [-0.15, -0.1) is 0 Å². The van der Waals surface area contributed by atoms with Crippen LogP contribution in [-0.2, 0) is 0 Å². The normalized spacial score (nSPS) is 19.3. The summed E-state index contributed by atoms with van der Waals surface area (Å²) in [5.74, 6) is -0.940. The van der Waals surface area contributed by atoms with E-state index in [4.69, 9.17) is 0 Å². The molecule has 28 heavy (non-hydrogen) atoms. The van der Waals surface area contributed by atoms with Crippen molar-refractivity contribution in [2.75, 3.05) is 0 Å². The van der Waals surface area contributed by atoms with E-state index >= 15 is 0 Å². The first-order valence-corrected chi connectivity index (χ1v) is 9.04. The molecule has 1 aliphatic rings. The first-order chi connectivity index (χ1) is 13.5. The van der Waals surface area contributed by atoms with E-state index in [1.807, 2.05) is 54.6 Å². The Bertz CT molecular complexity index is 1080. The number of rotatable bonds is 2. The van der Waals surface area contributed by atoms with Crippen LogP contribution in [0.15, 0.2) is 95.9 Å². The third-order valence-corrected chi connectivity index (χ3v) is 4.59. The van der Waals surface area contributed by atoms with Crippen molar-refractivity contribution < 1.29 is 10.2 Å². The van der Waals surface area contributed by atoms with Crippen molar-refractivity contribution >= 4 is 5.57 Å². The average Bonchev–Trinajstić information content (AvgIpc) is 2.78. The van der Waals surface area contributed by atoms with Gasteiger partial charge in [-0.2, -0.15) is 0 Å². The Balaban J connectivity index is 2.03. The quantitative estimate of drug-likeness (QED) is 0.739. The van der Waals surface area contributed by atoms with Crippen molar-refractivity contribution in [1.29, 1.82) is 0 Å². The topological polar surface area (TPSA) is 57.5 Å². The molecule has 0 atom stereocenters. The van der Waals surface area contributed by atoms with E-state index in [9.17, 15) is 15.0 Å². The van der Waals surface area contributed by atoms with Crippen molar-refractivity contribution in [3.63, 3.8) is 0 Å². The van der Waals surface area contributed by atoms with Gasteiger partial charge in [-0.25, -0.2) is 0 Å².